The molecule has 110 valence electrons. The molecule has 0 spiro atoms. The van der Waals surface area contributed by atoms with Gasteiger partial charge in [-0.25, -0.2) is 0 Å². The van der Waals surface area contributed by atoms with Gasteiger partial charge in [0, 0.05) is 35.7 Å². The number of hydrogen-bond donors (Lipinski definition) is 1. The highest BCUT2D eigenvalue weighted by Crippen LogP contribution is 2.34. The lowest BCUT2D eigenvalue weighted by Gasteiger charge is -2.25. The van der Waals surface area contributed by atoms with Crippen molar-refractivity contribution in [3.63, 3.8) is 0 Å². The maximum Gasteiger partial charge on any atom is 0.0598 e. The van der Waals surface area contributed by atoms with Gasteiger partial charge in [-0.1, -0.05) is 57.9 Å². The van der Waals surface area contributed by atoms with Gasteiger partial charge >= 0.3 is 0 Å². The van der Waals surface area contributed by atoms with Crippen LogP contribution in [0, 0.1) is 0 Å². The van der Waals surface area contributed by atoms with Gasteiger partial charge < -0.3 is 10.2 Å². The minimum atomic E-state index is 0.195. The average Bonchev–Trinajstić information content (AvgIpc) is 2.68. The SMILES string of the molecule is Clc1ccc2c(c1)C(c1ccccc1)NCCN2CCBr. The van der Waals surface area contributed by atoms with E-state index in [9.17, 15) is 0 Å². The summed E-state index contributed by atoms with van der Waals surface area (Å²) in [5, 5.41) is 5.41. The minimum absolute atomic E-state index is 0.195. The predicted molar refractivity (Wildman–Crippen MR) is 93.7 cm³/mol. The fraction of sp³-hybridized carbons (Fsp3) is 0.294. The van der Waals surface area contributed by atoms with E-state index in [0.29, 0.717) is 0 Å². The summed E-state index contributed by atoms with van der Waals surface area (Å²) in [6, 6.07) is 17.0. The molecule has 0 amide bonds. The zero-order chi connectivity index (χ0) is 14.7. The maximum absolute atomic E-state index is 6.25. The fourth-order valence-electron chi connectivity index (χ4n) is 2.90. The molecule has 3 rings (SSSR count). The lowest BCUT2D eigenvalue weighted by molar-refractivity contribution is 0.622. The second-order valence-corrected chi connectivity index (χ2v) is 6.41. The lowest BCUT2D eigenvalue weighted by atomic mass is 9.97. The second-order valence-electron chi connectivity index (χ2n) is 5.18. The normalized spacial score (nSPS) is 18.2. The first-order chi connectivity index (χ1) is 10.3. The van der Waals surface area contributed by atoms with Crippen molar-refractivity contribution < 1.29 is 0 Å². The number of nitrogens with one attached hydrogen (secondary N) is 1. The first-order valence-electron chi connectivity index (χ1n) is 7.18. The van der Waals surface area contributed by atoms with Crippen molar-refractivity contribution in [1.29, 1.82) is 0 Å². The van der Waals surface area contributed by atoms with Gasteiger partial charge in [-0.05, 0) is 29.3 Å². The molecule has 1 unspecified atom stereocenters. The zero-order valence-corrected chi connectivity index (χ0v) is 14.1. The Bertz CT molecular complexity index is 603. The van der Waals surface area contributed by atoms with Crippen LogP contribution in [0.3, 0.4) is 0 Å². The molecule has 1 aliphatic heterocycles. The third kappa shape index (κ3) is 3.25. The number of hydrogen-bond acceptors (Lipinski definition) is 2. The molecule has 0 fully saturated rings. The van der Waals surface area contributed by atoms with Gasteiger partial charge in [0.15, 0.2) is 0 Å². The molecule has 1 N–H and O–H groups in total. The Morgan fingerprint density at radius 1 is 1.19 bits per heavy atom. The van der Waals surface area contributed by atoms with Crippen LogP contribution in [0.25, 0.3) is 0 Å². The number of fused-ring (bicyclic) bond motifs is 1. The van der Waals surface area contributed by atoms with Crippen LogP contribution in [0.15, 0.2) is 48.5 Å². The molecule has 0 aliphatic carbocycles. The first-order valence-corrected chi connectivity index (χ1v) is 8.68. The van der Waals surface area contributed by atoms with Gasteiger partial charge in [0.1, 0.15) is 0 Å². The quantitative estimate of drug-likeness (QED) is 0.819. The van der Waals surface area contributed by atoms with E-state index < -0.39 is 0 Å². The Morgan fingerprint density at radius 3 is 2.76 bits per heavy atom. The van der Waals surface area contributed by atoms with Crippen LogP contribution in [-0.2, 0) is 0 Å². The van der Waals surface area contributed by atoms with Crippen molar-refractivity contribution in [3.05, 3.63) is 64.7 Å². The molecule has 0 aromatic heterocycles. The Hall–Kier alpha value is -1.03. The topological polar surface area (TPSA) is 15.3 Å². The molecular formula is C17H18BrClN2. The van der Waals surface area contributed by atoms with E-state index in [1.54, 1.807) is 0 Å². The molecule has 4 heteroatoms. The summed E-state index contributed by atoms with van der Waals surface area (Å²) >= 11 is 9.80. The van der Waals surface area contributed by atoms with E-state index in [0.717, 1.165) is 30.0 Å². The molecule has 1 atom stereocenters. The molecule has 0 saturated carbocycles. The van der Waals surface area contributed by atoms with Crippen molar-refractivity contribution in [2.75, 3.05) is 29.9 Å². The Labute approximate surface area is 139 Å². The van der Waals surface area contributed by atoms with Crippen LogP contribution in [-0.4, -0.2) is 25.0 Å². The third-order valence-corrected chi connectivity index (χ3v) is 4.45. The Morgan fingerprint density at radius 2 is 2.00 bits per heavy atom. The summed E-state index contributed by atoms with van der Waals surface area (Å²) < 4.78 is 0. The van der Waals surface area contributed by atoms with Crippen molar-refractivity contribution >= 4 is 33.2 Å². The zero-order valence-electron chi connectivity index (χ0n) is 11.7. The molecule has 2 aromatic rings. The molecule has 1 heterocycles. The van der Waals surface area contributed by atoms with Crippen LogP contribution < -0.4 is 10.2 Å². The highest BCUT2D eigenvalue weighted by molar-refractivity contribution is 9.09. The number of nitrogens with zero attached hydrogens (tertiary/aromatic N) is 1. The van der Waals surface area contributed by atoms with E-state index in [2.05, 4.69) is 68.6 Å². The van der Waals surface area contributed by atoms with Crippen LogP contribution >= 0.6 is 27.5 Å². The van der Waals surface area contributed by atoms with Gasteiger partial charge in [0.05, 0.1) is 6.04 Å². The van der Waals surface area contributed by atoms with E-state index in [1.165, 1.54) is 16.8 Å². The Kier molecular flexibility index (Phi) is 4.84. The van der Waals surface area contributed by atoms with Crippen LogP contribution in [0.1, 0.15) is 17.2 Å². The fourth-order valence-corrected chi connectivity index (χ4v) is 3.50. The van der Waals surface area contributed by atoms with Crippen molar-refractivity contribution in [2.24, 2.45) is 0 Å². The van der Waals surface area contributed by atoms with Crippen LogP contribution in [0.4, 0.5) is 5.69 Å². The molecule has 0 radical (unpaired) electrons. The number of alkyl halides is 1. The number of rotatable bonds is 3. The molecule has 2 aromatic carbocycles. The summed E-state index contributed by atoms with van der Waals surface area (Å²) in [5.41, 5.74) is 3.81. The van der Waals surface area contributed by atoms with E-state index in [-0.39, 0.29) is 6.04 Å². The van der Waals surface area contributed by atoms with Gasteiger partial charge in [-0.15, -0.1) is 0 Å². The van der Waals surface area contributed by atoms with E-state index in [1.807, 2.05) is 6.07 Å². The molecule has 2 nitrogen and oxygen atoms in total. The first kappa shape index (κ1) is 14.9. The van der Waals surface area contributed by atoms with Gasteiger partial charge in [0.25, 0.3) is 0 Å². The van der Waals surface area contributed by atoms with E-state index >= 15 is 0 Å². The Balaban J connectivity index is 2.07. The molecule has 21 heavy (non-hydrogen) atoms. The summed E-state index contributed by atoms with van der Waals surface area (Å²) in [7, 11) is 0. The largest absolute Gasteiger partial charge is 0.369 e. The van der Waals surface area contributed by atoms with Gasteiger partial charge in [0.2, 0.25) is 0 Å². The average molecular weight is 366 g/mol. The number of benzene rings is 2. The standard InChI is InChI=1S/C17H18BrClN2/c18-8-10-21-11-9-20-17(13-4-2-1-3-5-13)15-12-14(19)6-7-16(15)21/h1-7,12,17,20H,8-11H2. The van der Waals surface area contributed by atoms with Crippen molar-refractivity contribution in [1.82, 2.24) is 5.32 Å². The summed E-state index contributed by atoms with van der Waals surface area (Å²) in [4.78, 5) is 2.41. The van der Waals surface area contributed by atoms with E-state index in [4.69, 9.17) is 11.6 Å². The summed E-state index contributed by atoms with van der Waals surface area (Å²) in [6.07, 6.45) is 0. The predicted octanol–water partition coefficient (Wildman–Crippen LogP) is 4.23. The highest BCUT2D eigenvalue weighted by Gasteiger charge is 2.23. The van der Waals surface area contributed by atoms with Crippen molar-refractivity contribution in [3.8, 4) is 0 Å². The molecule has 0 bridgehead atoms. The van der Waals surface area contributed by atoms with Crippen LogP contribution in [0.2, 0.25) is 5.02 Å². The smallest absolute Gasteiger partial charge is 0.0598 e. The molecule has 1 aliphatic rings. The monoisotopic (exact) mass is 364 g/mol. The number of halogens is 2. The second kappa shape index (κ2) is 6.82. The van der Waals surface area contributed by atoms with Gasteiger partial charge in [-0.3, -0.25) is 0 Å². The molecular weight excluding hydrogens is 348 g/mol. The number of anilines is 1. The maximum atomic E-state index is 6.25. The lowest BCUT2D eigenvalue weighted by Crippen LogP contribution is -2.31. The summed E-state index contributed by atoms with van der Waals surface area (Å²) in [6.45, 7) is 2.96. The van der Waals surface area contributed by atoms with Crippen LogP contribution in [0.5, 0.6) is 0 Å². The summed E-state index contributed by atoms with van der Waals surface area (Å²) in [5.74, 6) is 0. The van der Waals surface area contributed by atoms with Crippen molar-refractivity contribution in [2.45, 2.75) is 6.04 Å². The molecule has 0 saturated heterocycles. The highest BCUT2D eigenvalue weighted by atomic mass is 79.9. The third-order valence-electron chi connectivity index (χ3n) is 3.86. The van der Waals surface area contributed by atoms with Gasteiger partial charge in [-0.2, -0.15) is 0 Å². The minimum Gasteiger partial charge on any atom is -0.369 e.